The van der Waals surface area contributed by atoms with E-state index in [1.54, 1.807) is 6.07 Å². The Bertz CT molecular complexity index is 805. The van der Waals surface area contributed by atoms with Gasteiger partial charge < -0.3 is 14.4 Å². The number of aliphatic hydroxyl groups is 1. The molecule has 4 heteroatoms. The van der Waals surface area contributed by atoms with E-state index in [9.17, 15) is 9.90 Å². The molecule has 0 amide bonds. The zero-order chi connectivity index (χ0) is 14.8. The highest BCUT2D eigenvalue weighted by atomic mass is 16.5. The number of carbonyl (C=O) groups excluding carboxylic acids is 1. The van der Waals surface area contributed by atoms with Gasteiger partial charge in [-0.1, -0.05) is 18.2 Å². The monoisotopic (exact) mass is 281 g/mol. The van der Waals surface area contributed by atoms with Crippen LogP contribution in [0.1, 0.15) is 15.9 Å². The molecule has 0 radical (unpaired) electrons. The molecule has 0 atom stereocenters. The minimum absolute atomic E-state index is 0.000448. The third-order valence-corrected chi connectivity index (χ3v) is 3.49. The number of hydrogen-bond acceptors (Lipinski definition) is 3. The second-order valence-corrected chi connectivity index (χ2v) is 4.78. The normalized spacial score (nSPS) is 10.8. The van der Waals surface area contributed by atoms with Crippen molar-refractivity contribution >= 4 is 16.9 Å². The molecule has 3 aromatic rings. The van der Waals surface area contributed by atoms with Crippen LogP contribution in [0.15, 0.2) is 54.7 Å². The van der Waals surface area contributed by atoms with Gasteiger partial charge in [0.25, 0.3) is 0 Å². The van der Waals surface area contributed by atoms with Crippen LogP contribution in [0.4, 0.5) is 0 Å². The molecule has 21 heavy (non-hydrogen) atoms. The summed E-state index contributed by atoms with van der Waals surface area (Å²) >= 11 is 0. The number of nitrogens with zero attached hydrogens (tertiary/aromatic N) is 1. The summed E-state index contributed by atoms with van der Waals surface area (Å²) in [5.74, 6) is -0.353. The van der Waals surface area contributed by atoms with E-state index in [1.165, 1.54) is 7.11 Å². The Morgan fingerprint density at radius 1 is 1.19 bits per heavy atom. The highest BCUT2D eigenvalue weighted by Gasteiger charge is 2.09. The lowest BCUT2D eigenvalue weighted by Gasteiger charge is -2.08. The predicted octanol–water partition coefficient (Wildman–Crippen LogP) is 2.91. The summed E-state index contributed by atoms with van der Waals surface area (Å²) in [7, 11) is 1.37. The SMILES string of the molecule is COC(=O)c1ccc2ccn(-c3cccc(CO)c3)c2c1. The maximum Gasteiger partial charge on any atom is 0.337 e. The first-order valence-electron chi connectivity index (χ1n) is 6.62. The van der Waals surface area contributed by atoms with Gasteiger partial charge in [0.15, 0.2) is 0 Å². The maximum atomic E-state index is 11.7. The van der Waals surface area contributed by atoms with Crippen LogP contribution in [-0.4, -0.2) is 22.8 Å². The number of benzene rings is 2. The number of esters is 1. The van der Waals surface area contributed by atoms with Crippen LogP contribution in [-0.2, 0) is 11.3 Å². The summed E-state index contributed by atoms with van der Waals surface area (Å²) in [6.07, 6.45) is 1.95. The number of ether oxygens (including phenoxy) is 1. The molecule has 1 heterocycles. The summed E-state index contributed by atoms with van der Waals surface area (Å²) in [6, 6.07) is 15.1. The number of rotatable bonds is 3. The summed E-state index contributed by atoms with van der Waals surface area (Å²) in [4.78, 5) is 11.7. The van der Waals surface area contributed by atoms with Crippen molar-refractivity contribution in [1.29, 1.82) is 0 Å². The van der Waals surface area contributed by atoms with Crippen molar-refractivity contribution in [2.45, 2.75) is 6.61 Å². The predicted molar refractivity (Wildman–Crippen MR) is 80.5 cm³/mol. The molecule has 0 spiro atoms. The number of aromatic nitrogens is 1. The Kier molecular flexibility index (Phi) is 3.46. The van der Waals surface area contributed by atoms with E-state index in [4.69, 9.17) is 4.74 Å². The third kappa shape index (κ3) is 2.41. The molecule has 3 rings (SSSR count). The fraction of sp³-hybridized carbons (Fsp3) is 0.118. The topological polar surface area (TPSA) is 51.5 Å². The summed E-state index contributed by atoms with van der Waals surface area (Å²) in [5, 5.41) is 10.3. The van der Waals surface area contributed by atoms with Crippen LogP contribution in [0.3, 0.4) is 0 Å². The number of carbonyl (C=O) groups is 1. The molecule has 106 valence electrons. The number of fused-ring (bicyclic) bond motifs is 1. The summed E-state index contributed by atoms with van der Waals surface area (Å²) < 4.78 is 6.75. The Morgan fingerprint density at radius 2 is 2.05 bits per heavy atom. The van der Waals surface area contributed by atoms with E-state index in [0.717, 1.165) is 22.2 Å². The number of methoxy groups -OCH3 is 1. The zero-order valence-electron chi connectivity index (χ0n) is 11.6. The van der Waals surface area contributed by atoms with E-state index < -0.39 is 0 Å². The van der Waals surface area contributed by atoms with Crippen molar-refractivity contribution in [1.82, 2.24) is 4.57 Å². The molecule has 4 nitrogen and oxygen atoms in total. The lowest BCUT2D eigenvalue weighted by atomic mass is 10.1. The standard InChI is InChI=1S/C17H15NO3/c1-21-17(20)14-6-5-13-7-8-18(16(13)10-14)15-4-2-3-12(9-15)11-19/h2-10,19H,11H2,1H3. The van der Waals surface area contributed by atoms with Gasteiger partial charge in [-0.05, 0) is 41.3 Å². The van der Waals surface area contributed by atoms with Gasteiger partial charge in [0, 0.05) is 11.9 Å². The minimum atomic E-state index is -0.353. The lowest BCUT2D eigenvalue weighted by Crippen LogP contribution is -2.01. The van der Waals surface area contributed by atoms with E-state index in [0.29, 0.717) is 5.56 Å². The number of aliphatic hydroxyl groups excluding tert-OH is 1. The molecule has 0 aliphatic carbocycles. The molecule has 0 unspecified atom stereocenters. The third-order valence-electron chi connectivity index (χ3n) is 3.49. The van der Waals surface area contributed by atoms with Crippen molar-refractivity contribution in [2.75, 3.05) is 7.11 Å². The fourth-order valence-corrected chi connectivity index (χ4v) is 2.40. The van der Waals surface area contributed by atoms with E-state index >= 15 is 0 Å². The van der Waals surface area contributed by atoms with E-state index in [2.05, 4.69) is 0 Å². The van der Waals surface area contributed by atoms with E-state index in [1.807, 2.05) is 53.2 Å². The van der Waals surface area contributed by atoms with Crippen molar-refractivity contribution < 1.29 is 14.6 Å². The average Bonchev–Trinajstić information content (AvgIpc) is 2.97. The summed E-state index contributed by atoms with van der Waals surface area (Å²) in [5.41, 5.74) is 3.23. The van der Waals surface area contributed by atoms with Crippen LogP contribution in [0, 0.1) is 0 Å². The smallest absolute Gasteiger partial charge is 0.337 e. The first kappa shape index (κ1) is 13.4. The quantitative estimate of drug-likeness (QED) is 0.751. The van der Waals surface area contributed by atoms with Gasteiger partial charge in [-0.3, -0.25) is 0 Å². The largest absolute Gasteiger partial charge is 0.465 e. The van der Waals surface area contributed by atoms with Crippen LogP contribution >= 0.6 is 0 Å². The van der Waals surface area contributed by atoms with E-state index in [-0.39, 0.29) is 12.6 Å². The van der Waals surface area contributed by atoms with Crippen molar-refractivity contribution in [3.8, 4) is 5.69 Å². The van der Waals surface area contributed by atoms with Gasteiger partial charge in [0.1, 0.15) is 0 Å². The molecule has 0 aliphatic heterocycles. The molecule has 0 saturated heterocycles. The lowest BCUT2D eigenvalue weighted by molar-refractivity contribution is 0.0601. The second-order valence-electron chi connectivity index (χ2n) is 4.78. The first-order valence-corrected chi connectivity index (χ1v) is 6.62. The van der Waals surface area contributed by atoms with Crippen LogP contribution in [0.5, 0.6) is 0 Å². The highest BCUT2D eigenvalue weighted by molar-refractivity contribution is 5.95. The molecule has 1 aromatic heterocycles. The van der Waals surface area contributed by atoms with Gasteiger partial charge in [-0.25, -0.2) is 4.79 Å². The Hall–Kier alpha value is -2.59. The fourth-order valence-electron chi connectivity index (χ4n) is 2.40. The summed E-state index contributed by atoms with van der Waals surface area (Å²) in [6.45, 7) is 0.000448. The second kappa shape index (κ2) is 5.42. The van der Waals surface area contributed by atoms with Gasteiger partial charge in [0.2, 0.25) is 0 Å². The van der Waals surface area contributed by atoms with Crippen LogP contribution < -0.4 is 0 Å². The minimum Gasteiger partial charge on any atom is -0.465 e. The first-order chi connectivity index (χ1) is 10.2. The molecule has 0 fully saturated rings. The molecule has 2 aromatic carbocycles. The molecule has 1 N–H and O–H groups in total. The molecular weight excluding hydrogens is 266 g/mol. The van der Waals surface area contributed by atoms with Gasteiger partial charge in [0.05, 0.1) is 24.8 Å². The Balaban J connectivity index is 2.15. The van der Waals surface area contributed by atoms with Crippen molar-refractivity contribution in [3.05, 3.63) is 65.9 Å². The van der Waals surface area contributed by atoms with Crippen molar-refractivity contribution in [3.63, 3.8) is 0 Å². The molecule has 0 aliphatic rings. The average molecular weight is 281 g/mol. The Morgan fingerprint density at radius 3 is 2.81 bits per heavy atom. The van der Waals surface area contributed by atoms with Crippen molar-refractivity contribution in [2.24, 2.45) is 0 Å². The highest BCUT2D eigenvalue weighted by Crippen LogP contribution is 2.22. The maximum absolute atomic E-state index is 11.7. The van der Waals surface area contributed by atoms with Gasteiger partial charge in [-0.2, -0.15) is 0 Å². The molecule has 0 bridgehead atoms. The Labute approximate surface area is 122 Å². The number of hydrogen-bond donors (Lipinski definition) is 1. The van der Waals surface area contributed by atoms with Gasteiger partial charge >= 0.3 is 5.97 Å². The zero-order valence-corrected chi connectivity index (χ0v) is 11.6. The van der Waals surface area contributed by atoms with Gasteiger partial charge in [-0.15, -0.1) is 0 Å². The van der Waals surface area contributed by atoms with Crippen LogP contribution in [0.25, 0.3) is 16.6 Å². The van der Waals surface area contributed by atoms with Crippen LogP contribution in [0.2, 0.25) is 0 Å². The molecular formula is C17H15NO3. The molecule has 0 saturated carbocycles.